The number of fused-ring (bicyclic) bond motifs is 1. The van der Waals surface area contributed by atoms with E-state index in [0.29, 0.717) is 10.7 Å². The van der Waals surface area contributed by atoms with E-state index in [2.05, 4.69) is 20.4 Å². The zero-order valence-electron chi connectivity index (χ0n) is 11.7. The fraction of sp³-hybridized carbons (Fsp3) is 0. The van der Waals surface area contributed by atoms with Crippen molar-refractivity contribution in [3.05, 3.63) is 54.2 Å². The second kappa shape index (κ2) is 5.51. The molecule has 6 nitrogen and oxygen atoms in total. The van der Waals surface area contributed by atoms with Crippen LogP contribution in [0.15, 0.2) is 48.5 Å². The molecule has 0 fully saturated rings. The van der Waals surface area contributed by atoms with Crippen LogP contribution >= 0.6 is 11.3 Å². The molecule has 4 aromatic rings. The number of para-hydroxylation sites is 1. The molecule has 0 saturated heterocycles. The van der Waals surface area contributed by atoms with Gasteiger partial charge in [-0.05, 0) is 24.3 Å². The molecule has 2 aromatic heterocycles. The van der Waals surface area contributed by atoms with Crippen LogP contribution in [0.3, 0.4) is 0 Å². The summed E-state index contributed by atoms with van der Waals surface area (Å²) in [4.78, 5) is 4.50. The largest absolute Gasteiger partial charge is 0.457 e. The lowest BCUT2D eigenvalue weighted by Gasteiger charge is -2.04. The third-order valence-electron chi connectivity index (χ3n) is 3.20. The lowest BCUT2D eigenvalue weighted by molar-refractivity contribution is 0.483. The van der Waals surface area contributed by atoms with Crippen molar-refractivity contribution in [2.24, 2.45) is 0 Å². The van der Waals surface area contributed by atoms with Crippen molar-refractivity contribution in [3.8, 4) is 28.3 Å². The molecule has 0 bridgehead atoms. The smallest absolute Gasteiger partial charge is 0.192 e. The Bertz CT molecular complexity index is 1020. The number of nitrogens with one attached hydrogen (secondary N) is 1. The molecule has 0 unspecified atom stereocenters. The molecule has 0 spiro atoms. The van der Waals surface area contributed by atoms with Gasteiger partial charge >= 0.3 is 0 Å². The van der Waals surface area contributed by atoms with E-state index in [-0.39, 0.29) is 5.69 Å². The molecule has 0 aliphatic heterocycles. The van der Waals surface area contributed by atoms with Crippen LogP contribution in [0.4, 0.5) is 0 Å². The van der Waals surface area contributed by atoms with Crippen LogP contribution in [-0.4, -0.2) is 20.4 Å². The highest BCUT2D eigenvalue weighted by atomic mass is 32.1. The maximum Gasteiger partial charge on any atom is 0.192 e. The number of aromatic amines is 1. The minimum absolute atomic E-state index is 0.241. The fourth-order valence-electron chi connectivity index (χ4n) is 2.15. The summed E-state index contributed by atoms with van der Waals surface area (Å²) >= 11 is 1.44. The predicted octanol–water partition coefficient (Wildman–Crippen LogP) is 3.75. The van der Waals surface area contributed by atoms with Crippen LogP contribution < -0.4 is 4.74 Å². The maximum atomic E-state index is 9.04. The Morgan fingerprint density at radius 1 is 1.04 bits per heavy atom. The first-order chi connectivity index (χ1) is 11.3. The molecule has 2 aromatic carbocycles. The Kier molecular flexibility index (Phi) is 3.22. The quantitative estimate of drug-likeness (QED) is 0.621. The topological polar surface area (TPSA) is 87.5 Å². The van der Waals surface area contributed by atoms with Crippen molar-refractivity contribution in [2.45, 2.75) is 0 Å². The Morgan fingerprint density at radius 2 is 1.91 bits per heavy atom. The van der Waals surface area contributed by atoms with Crippen molar-refractivity contribution >= 4 is 21.6 Å². The Labute approximate surface area is 135 Å². The minimum Gasteiger partial charge on any atom is -0.457 e. The van der Waals surface area contributed by atoms with Gasteiger partial charge in [-0.2, -0.15) is 15.6 Å². The number of nitriles is 1. The molecule has 0 saturated carbocycles. The number of hydrogen-bond acceptors (Lipinski definition) is 6. The van der Waals surface area contributed by atoms with Crippen molar-refractivity contribution in [1.82, 2.24) is 20.4 Å². The Hall–Kier alpha value is -3.24. The molecule has 0 atom stereocenters. The number of ether oxygens (including phenoxy) is 1. The number of H-pyrrole nitrogens is 1. The van der Waals surface area contributed by atoms with Crippen LogP contribution in [0.25, 0.3) is 20.9 Å². The van der Waals surface area contributed by atoms with Crippen LogP contribution in [-0.2, 0) is 0 Å². The summed E-state index contributed by atoms with van der Waals surface area (Å²) in [6.45, 7) is 0. The van der Waals surface area contributed by atoms with Crippen LogP contribution in [0.1, 0.15) is 5.69 Å². The third-order valence-corrected chi connectivity index (χ3v) is 4.22. The lowest BCUT2D eigenvalue weighted by Crippen LogP contribution is -1.82. The molecule has 110 valence electrons. The van der Waals surface area contributed by atoms with E-state index < -0.39 is 0 Å². The van der Waals surface area contributed by atoms with Gasteiger partial charge in [0.1, 0.15) is 22.6 Å². The van der Waals surface area contributed by atoms with E-state index in [1.807, 2.05) is 54.6 Å². The Balaban J connectivity index is 1.71. The monoisotopic (exact) mass is 319 g/mol. The number of hydrogen-bond donors (Lipinski definition) is 1. The molecule has 1 N–H and O–H groups in total. The molecular weight excluding hydrogens is 310 g/mol. The molecule has 23 heavy (non-hydrogen) atoms. The second-order valence-electron chi connectivity index (χ2n) is 4.70. The van der Waals surface area contributed by atoms with Crippen LogP contribution in [0, 0.1) is 11.3 Å². The van der Waals surface area contributed by atoms with Crippen molar-refractivity contribution in [1.29, 1.82) is 5.26 Å². The van der Waals surface area contributed by atoms with Crippen molar-refractivity contribution < 1.29 is 4.74 Å². The first-order valence-corrected chi connectivity index (χ1v) is 7.60. The molecule has 0 radical (unpaired) electrons. The number of benzene rings is 2. The van der Waals surface area contributed by atoms with Gasteiger partial charge in [0, 0.05) is 6.07 Å². The molecule has 0 aliphatic rings. The van der Waals surface area contributed by atoms with Crippen molar-refractivity contribution in [2.75, 3.05) is 0 Å². The third kappa shape index (κ3) is 2.52. The second-order valence-corrected chi connectivity index (χ2v) is 5.73. The van der Waals surface area contributed by atoms with Gasteiger partial charge in [0.25, 0.3) is 0 Å². The first-order valence-electron chi connectivity index (χ1n) is 6.78. The van der Waals surface area contributed by atoms with Gasteiger partial charge in [-0.15, -0.1) is 16.4 Å². The number of aromatic nitrogens is 4. The molecule has 7 heteroatoms. The molecule has 0 amide bonds. The molecule has 0 aliphatic carbocycles. The number of rotatable bonds is 3. The van der Waals surface area contributed by atoms with Crippen molar-refractivity contribution in [3.63, 3.8) is 0 Å². The number of nitrogens with zero attached hydrogens (tertiary/aromatic N) is 4. The van der Waals surface area contributed by atoms with E-state index in [9.17, 15) is 0 Å². The fourth-order valence-corrected chi connectivity index (χ4v) is 3.14. The normalized spacial score (nSPS) is 10.6. The molecule has 4 rings (SSSR count). The molecular formula is C16H9N5OS. The summed E-state index contributed by atoms with van der Waals surface area (Å²) in [7, 11) is 0. The van der Waals surface area contributed by atoms with E-state index in [1.165, 1.54) is 11.3 Å². The standard InChI is InChI=1S/C16H9N5OS/c17-9-13-15(20-21-19-13)16-18-12-7-6-11(8-14(12)23-16)22-10-4-2-1-3-5-10/h1-8H,(H,19,20,21). The lowest BCUT2D eigenvalue weighted by atomic mass is 10.3. The average Bonchev–Trinajstić information content (AvgIpc) is 3.21. The SMILES string of the molecule is N#Cc1n[nH]nc1-c1nc2ccc(Oc3ccccc3)cc2s1. The highest BCUT2D eigenvalue weighted by Gasteiger charge is 2.15. The van der Waals surface area contributed by atoms with Gasteiger partial charge in [0.15, 0.2) is 11.4 Å². The highest BCUT2D eigenvalue weighted by Crippen LogP contribution is 2.33. The van der Waals surface area contributed by atoms with E-state index in [0.717, 1.165) is 21.7 Å². The van der Waals surface area contributed by atoms with Gasteiger partial charge in [-0.1, -0.05) is 18.2 Å². The minimum atomic E-state index is 0.241. The van der Waals surface area contributed by atoms with E-state index in [4.69, 9.17) is 10.00 Å². The summed E-state index contributed by atoms with van der Waals surface area (Å²) in [5.74, 6) is 1.51. The highest BCUT2D eigenvalue weighted by molar-refractivity contribution is 7.21. The van der Waals surface area contributed by atoms with E-state index >= 15 is 0 Å². The van der Waals surface area contributed by atoms with Crippen LogP contribution in [0.5, 0.6) is 11.5 Å². The van der Waals surface area contributed by atoms with Gasteiger partial charge in [0.05, 0.1) is 10.2 Å². The number of thiazole rings is 1. The Morgan fingerprint density at radius 3 is 2.74 bits per heavy atom. The van der Waals surface area contributed by atoms with Gasteiger partial charge in [-0.3, -0.25) is 0 Å². The maximum absolute atomic E-state index is 9.04. The van der Waals surface area contributed by atoms with Crippen LogP contribution in [0.2, 0.25) is 0 Å². The summed E-state index contributed by atoms with van der Waals surface area (Å²) in [6, 6.07) is 17.3. The van der Waals surface area contributed by atoms with Gasteiger partial charge in [0.2, 0.25) is 0 Å². The van der Waals surface area contributed by atoms with E-state index in [1.54, 1.807) is 0 Å². The average molecular weight is 319 g/mol. The first kappa shape index (κ1) is 13.4. The summed E-state index contributed by atoms with van der Waals surface area (Å²) in [5.41, 5.74) is 1.54. The summed E-state index contributed by atoms with van der Waals surface area (Å²) in [6.07, 6.45) is 0. The summed E-state index contributed by atoms with van der Waals surface area (Å²) in [5, 5.41) is 19.9. The van der Waals surface area contributed by atoms with Gasteiger partial charge < -0.3 is 4.74 Å². The zero-order valence-corrected chi connectivity index (χ0v) is 12.5. The zero-order chi connectivity index (χ0) is 15.6. The summed E-state index contributed by atoms with van der Waals surface area (Å²) < 4.78 is 6.78. The predicted molar refractivity (Wildman–Crippen MR) is 86.2 cm³/mol. The van der Waals surface area contributed by atoms with Gasteiger partial charge in [-0.25, -0.2) is 4.98 Å². The molecule has 2 heterocycles.